The van der Waals surface area contributed by atoms with Gasteiger partial charge >= 0.3 is 5.97 Å². The Morgan fingerprint density at radius 1 is 1.25 bits per heavy atom. The Bertz CT molecular complexity index is 388. The molecule has 3 aliphatic rings. The second-order valence-electron chi connectivity index (χ2n) is 7.09. The van der Waals surface area contributed by atoms with Crippen molar-refractivity contribution in [2.45, 2.75) is 64.3 Å². The molecule has 0 radical (unpaired) electrons. The van der Waals surface area contributed by atoms with E-state index in [-0.39, 0.29) is 30.0 Å². The van der Waals surface area contributed by atoms with Gasteiger partial charge in [-0.05, 0) is 24.7 Å². The second-order valence-corrected chi connectivity index (χ2v) is 7.09. The minimum atomic E-state index is -0.612. The van der Waals surface area contributed by atoms with Gasteiger partial charge in [0.2, 0.25) is 0 Å². The number of fused-ring (bicyclic) bond motifs is 2. The summed E-state index contributed by atoms with van der Waals surface area (Å²) >= 11 is 0. The molecule has 4 heteroatoms. The van der Waals surface area contributed by atoms with Crippen LogP contribution in [0, 0.1) is 23.7 Å². The molecular formula is C16H26O4. The van der Waals surface area contributed by atoms with Crippen molar-refractivity contribution >= 4 is 5.97 Å². The van der Waals surface area contributed by atoms with Crippen molar-refractivity contribution in [1.82, 2.24) is 0 Å². The van der Waals surface area contributed by atoms with E-state index in [2.05, 4.69) is 13.8 Å². The third-order valence-electron chi connectivity index (χ3n) is 5.99. The summed E-state index contributed by atoms with van der Waals surface area (Å²) in [4.78, 5) is 11.1. The zero-order valence-corrected chi connectivity index (χ0v) is 12.7. The van der Waals surface area contributed by atoms with Crippen LogP contribution in [0.15, 0.2) is 0 Å². The smallest absolute Gasteiger partial charge is 0.302 e. The molecule has 3 fully saturated rings. The Morgan fingerprint density at radius 3 is 2.45 bits per heavy atom. The van der Waals surface area contributed by atoms with Crippen molar-refractivity contribution in [3.63, 3.8) is 0 Å². The van der Waals surface area contributed by atoms with Gasteiger partial charge in [0.1, 0.15) is 0 Å². The topological polar surface area (TPSA) is 55.8 Å². The largest absolute Gasteiger partial charge is 0.465 e. The fourth-order valence-corrected chi connectivity index (χ4v) is 4.82. The minimum Gasteiger partial charge on any atom is -0.465 e. The summed E-state index contributed by atoms with van der Waals surface area (Å²) in [5, 5.41) is 11.0. The molecule has 6 unspecified atom stereocenters. The Balaban J connectivity index is 1.83. The number of aliphatic hydroxyl groups is 1. The molecule has 0 aromatic rings. The summed E-state index contributed by atoms with van der Waals surface area (Å²) in [5.74, 6) is 0.981. The fraction of sp³-hybridized carbons (Fsp3) is 0.938. The summed E-state index contributed by atoms with van der Waals surface area (Å²) in [7, 11) is 0. The quantitative estimate of drug-likeness (QED) is 0.806. The van der Waals surface area contributed by atoms with Crippen LogP contribution in [-0.4, -0.2) is 35.5 Å². The van der Waals surface area contributed by atoms with Crippen LogP contribution >= 0.6 is 0 Å². The zero-order chi connectivity index (χ0) is 14.5. The molecule has 0 spiro atoms. The van der Waals surface area contributed by atoms with Gasteiger partial charge in [-0.3, -0.25) is 4.79 Å². The average molecular weight is 282 g/mol. The molecule has 6 atom stereocenters. The van der Waals surface area contributed by atoms with Crippen LogP contribution in [0.2, 0.25) is 0 Å². The molecule has 114 valence electrons. The molecule has 0 amide bonds. The van der Waals surface area contributed by atoms with E-state index in [4.69, 9.17) is 9.47 Å². The number of hydrogen-bond acceptors (Lipinski definition) is 4. The van der Waals surface area contributed by atoms with Crippen LogP contribution in [0.4, 0.5) is 0 Å². The summed E-state index contributed by atoms with van der Waals surface area (Å²) in [6.45, 7) is 6.27. The molecule has 2 bridgehead atoms. The summed E-state index contributed by atoms with van der Waals surface area (Å²) in [5.41, 5.74) is -0.612. The first-order valence-electron chi connectivity index (χ1n) is 7.95. The second kappa shape index (κ2) is 4.99. The van der Waals surface area contributed by atoms with Crippen LogP contribution < -0.4 is 0 Å². The SMILES string of the molecule is CC(=O)OCC1C2OC(C(C)C2C)C1C1(O)CCCC1. The van der Waals surface area contributed by atoms with E-state index in [9.17, 15) is 9.90 Å². The van der Waals surface area contributed by atoms with E-state index < -0.39 is 5.60 Å². The third kappa shape index (κ3) is 2.08. The minimum absolute atomic E-state index is 0.124. The van der Waals surface area contributed by atoms with E-state index in [1.165, 1.54) is 6.92 Å². The molecule has 2 aliphatic heterocycles. The molecule has 0 aromatic heterocycles. The van der Waals surface area contributed by atoms with Crippen molar-refractivity contribution in [3.05, 3.63) is 0 Å². The van der Waals surface area contributed by atoms with E-state index >= 15 is 0 Å². The van der Waals surface area contributed by atoms with Gasteiger partial charge in [-0.25, -0.2) is 0 Å². The summed E-state index contributed by atoms with van der Waals surface area (Å²) in [6, 6.07) is 0. The van der Waals surface area contributed by atoms with Gasteiger partial charge in [0.25, 0.3) is 0 Å². The highest BCUT2D eigenvalue weighted by atomic mass is 16.5. The van der Waals surface area contributed by atoms with Crippen molar-refractivity contribution < 1.29 is 19.4 Å². The number of carbonyl (C=O) groups is 1. The average Bonchev–Trinajstić information content (AvgIpc) is 3.04. The van der Waals surface area contributed by atoms with Crippen LogP contribution in [0.1, 0.15) is 46.5 Å². The van der Waals surface area contributed by atoms with E-state index in [1.807, 2.05) is 0 Å². The molecular weight excluding hydrogens is 256 g/mol. The molecule has 4 nitrogen and oxygen atoms in total. The van der Waals surface area contributed by atoms with Gasteiger partial charge in [0.05, 0.1) is 24.4 Å². The van der Waals surface area contributed by atoms with Gasteiger partial charge < -0.3 is 14.6 Å². The Kier molecular flexibility index (Phi) is 3.57. The predicted molar refractivity (Wildman–Crippen MR) is 74.0 cm³/mol. The van der Waals surface area contributed by atoms with Gasteiger partial charge in [-0.1, -0.05) is 26.7 Å². The van der Waals surface area contributed by atoms with Crippen LogP contribution in [-0.2, 0) is 14.3 Å². The van der Waals surface area contributed by atoms with Crippen molar-refractivity contribution in [1.29, 1.82) is 0 Å². The molecule has 20 heavy (non-hydrogen) atoms. The number of ether oxygens (including phenoxy) is 2. The standard InChI is InChI=1S/C16H26O4/c1-9-10(2)15-13(16(18)6-4-5-7-16)12(14(9)20-15)8-19-11(3)17/h9-10,12-15,18H,4-8H2,1-3H3. The molecule has 3 rings (SSSR count). The highest BCUT2D eigenvalue weighted by Gasteiger charge is 2.62. The molecule has 0 aromatic carbocycles. The maximum absolute atomic E-state index is 11.1. The highest BCUT2D eigenvalue weighted by Crippen LogP contribution is 2.56. The molecule has 2 saturated heterocycles. The van der Waals surface area contributed by atoms with Gasteiger partial charge in [-0.15, -0.1) is 0 Å². The first-order valence-corrected chi connectivity index (χ1v) is 7.95. The maximum Gasteiger partial charge on any atom is 0.302 e. The lowest BCUT2D eigenvalue weighted by Gasteiger charge is -2.42. The first-order chi connectivity index (χ1) is 9.44. The van der Waals surface area contributed by atoms with E-state index in [1.54, 1.807) is 0 Å². The Hall–Kier alpha value is -0.610. The fourth-order valence-electron chi connectivity index (χ4n) is 4.82. The van der Waals surface area contributed by atoms with Crippen molar-refractivity contribution in [2.75, 3.05) is 6.61 Å². The van der Waals surface area contributed by atoms with Gasteiger partial charge in [0.15, 0.2) is 0 Å². The Labute approximate surface area is 120 Å². The van der Waals surface area contributed by atoms with Crippen LogP contribution in [0.3, 0.4) is 0 Å². The summed E-state index contributed by atoms with van der Waals surface area (Å²) in [6.07, 6.45) is 4.16. The first kappa shape index (κ1) is 14.3. The van der Waals surface area contributed by atoms with E-state index in [0.29, 0.717) is 18.4 Å². The lowest BCUT2D eigenvalue weighted by Crippen LogP contribution is -2.51. The van der Waals surface area contributed by atoms with E-state index in [0.717, 1.165) is 25.7 Å². The maximum atomic E-state index is 11.1. The monoisotopic (exact) mass is 282 g/mol. The number of hydrogen-bond donors (Lipinski definition) is 1. The lowest BCUT2D eigenvalue weighted by atomic mass is 9.63. The molecule has 1 saturated carbocycles. The zero-order valence-electron chi connectivity index (χ0n) is 12.7. The van der Waals surface area contributed by atoms with Crippen LogP contribution in [0.5, 0.6) is 0 Å². The molecule has 1 N–H and O–H groups in total. The Morgan fingerprint density at radius 2 is 1.85 bits per heavy atom. The molecule has 2 heterocycles. The lowest BCUT2D eigenvalue weighted by molar-refractivity contribution is -0.145. The highest BCUT2D eigenvalue weighted by molar-refractivity contribution is 5.65. The van der Waals surface area contributed by atoms with Crippen molar-refractivity contribution in [3.8, 4) is 0 Å². The number of carbonyl (C=O) groups excluding carboxylic acids is 1. The normalized spacial score (nSPS) is 45.8. The molecule has 1 aliphatic carbocycles. The third-order valence-corrected chi connectivity index (χ3v) is 5.99. The summed E-state index contributed by atoms with van der Waals surface area (Å²) < 4.78 is 11.4. The van der Waals surface area contributed by atoms with Gasteiger partial charge in [-0.2, -0.15) is 0 Å². The number of rotatable bonds is 3. The van der Waals surface area contributed by atoms with Gasteiger partial charge in [0, 0.05) is 18.8 Å². The van der Waals surface area contributed by atoms with Crippen molar-refractivity contribution in [2.24, 2.45) is 23.7 Å². The van der Waals surface area contributed by atoms with Crippen LogP contribution in [0.25, 0.3) is 0 Å². The predicted octanol–water partition coefficient (Wildman–Crippen LogP) is 2.14. The number of esters is 1.